The first kappa shape index (κ1) is 31.9. The minimum absolute atomic E-state index is 0.709. The molecule has 0 unspecified atom stereocenters. The zero-order valence-corrected chi connectivity index (χ0v) is 30.4. The molecule has 11 aromatic rings. The van der Waals surface area contributed by atoms with Crippen molar-refractivity contribution in [2.75, 3.05) is 0 Å². The molecule has 0 spiro atoms. The molecule has 0 amide bonds. The van der Waals surface area contributed by atoms with Crippen LogP contribution in [0.4, 0.5) is 0 Å². The van der Waals surface area contributed by atoms with E-state index >= 15 is 0 Å². The fourth-order valence-corrected chi connectivity index (χ4v) is 8.45. The summed E-state index contributed by atoms with van der Waals surface area (Å²) in [5.74, 6) is 0.709. The van der Waals surface area contributed by atoms with E-state index in [-0.39, 0.29) is 0 Å². The summed E-state index contributed by atoms with van der Waals surface area (Å²) in [7, 11) is 0. The number of aromatic nitrogens is 4. The SMILES string of the molecule is c1ccc(-c2cc(-c3ccc(-n4c5ccccc5c5cccc(-c6cccc7c6c6ccccc6n7-c6ccccc6)c54)cc3)nc(-c3ccccc3)n2)cc1. The molecule has 4 nitrogen and oxygen atoms in total. The molecule has 262 valence electrons. The second kappa shape index (κ2) is 13.1. The van der Waals surface area contributed by atoms with E-state index in [0.29, 0.717) is 5.82 Å². The summed E-state index contributed by atoms with van der Waals surface area (Å²) in [6.45, 7) is 0. The van der Waals surface area contributed by atoms with E-state index in [0.717, 1.165) is 39.5 Å². The number of hydrogen-bond acceptors (Lipinski definition) is 2. The van der Waals surface area contributed by atoms with Crippen molar-refractivity contribution in [3.8, 4) is 56.4 Å². The van der Waals surface area contributed by atoms with Crippen LogP contribution in [-0.2, 0) is 0 Å². The normalized spacial score (nSPS) is 11.6. The average Bonchev–Trinajstić information content (AvgIpc) is 3.81. The largest absolute Gasteiger partial charge is 0.309 e. The van der Waals surface area contributed by atoms with E-state index < -0.39 is 0 Å². The molecule has 0 aliphatic heterocycles. The van der Waals surface area contributed by atoms with Crippen LogP contribution < -0.4 is 0 Å². The van der Waals surface area contributed by atoms with Gasteiger partial charge in [-0.3, -0.25) is 0 Å². The van der Waals surface area contributed by atoms with E-state index in [1.807, 2.05) is 24.3 Å². The topological polar surface area (TPSA) is 35.6 Å². The van der Waals surface area contributed by atoms with Crippen molar-refractivity contribution >= 4 is 43.6 Å². The molecular formula is C52H34N4. The highest BCUT2D eigenvalue weighted by Gasteiger charge is 2.21. The molecule has 0 saturated heterocycles. The van der Waals surface area contributed by atoms with Crippen molar-refractivity contribution in [2.24, 2.45) is 0 Å². The second-order valence-corrected chi connectivity index (χ2v) is 14.2. The number of rotatable bonds is 6. The molecule has 4 heteroatoms. The summed E-state index contributed by atoms with van der Waals surface area (Å²) in [4.78, 5) is 10.1. The minimum atomic E-state index is 0.709. The van der Waals surface area contributed by atoms with Crippen molar-refractivity contribution in [1.82, 2.24) is 19.1 Å². The van der Waals surface area contributed by atoms with E-state index in [1.54, 1.807) is 0 Å². The van der Waals surface area contributed by atoms with Crippen molar-refractivity contribution < 1.29 is 0 Å². The molecule has 0 fully saturated rings. The predicted octanol–water partition coefficient (Wildman–Crippen LogP) is 13.3. The van der Waals surface area contributed by atoms with E-state index in [9.17, 15) is 0 Å². The van der Waals surface area contributed by atoms with Gasteiger partial charge in [-0.2, -0.15) is 0 Å². The third-order valence-corrected chi connectivity index (χ3v) is 10.9. The Labute approximate surface area is 324 Å². The third-order valence-electron chi connectivity index (χ3n) is 10.9. The summed E-state index contributed by atoms with van der Waals surface area (Å²) in [6.07, 6.45) is 0. The van der Waals surface area contributed by atoms with Crippen molar-refractivity contribution in [1.29, 1.82) is 0 Å². The van der Waals surface area contributed by atoms with Gasteiger partial charge in [-0.15, -0.1) is 0 Å². The first-order valence-electron chi connectivity index (χ1n) is 19.0. The average molecular weight is 715 g/mol. The maximum Gasteiger partial charge on any atom is 0.160 e. The molecular weight excluding hydrogens is 681 g/mol. The Hall–Kier alpha value is -7.56. The van der Waals surface area contributed by atoms with Crippen LogP contribution in [0, 0.1) is 0 Å². The maximum absolute atomic E-state index is 5.10. The molecule has 0 aliphatic carbocycles. The van der Waals surface area contributed by atoms with Gasteiger partial charge in [-0.1, -0.05) is 158 Å². The van der Waals surface area contributed by atoms with Crippen LogP contribution in [0.15, 0.2) is 206 Å². The Kier molecular flexibility index (Phi) is 7.46. The zero-order chi connectivity index (χ0) is 37.0. The number of fused-ring (bicyclic) bond motifs is 6. The summed E-state index contributed by atoms with van der Waals surface area (Å²) in [5.41, 5.74) is 14.2. The summed E-state index contributed by atoms with van der Waals surface area (Å²) < 4.78 is 4.83. The van der Waals surface area contributed by atoms with E-state index in [1.165, 1.54) is 54.7 Å². The quantitative estimate of drug-likeness (QED) is 0.172. The van der Waals surface area contributed by atoms with Gasteiger partial charge in [0.15, 0.2) is 5.82 Å². The van der Waals surface area contributed by atoms with Gasteiger partial charge in [0, 0.05) is 55.2 Å². The maximum atomic E-state index is 5.10. The van der Waals surface area contributed by atoms with Crippen LogP contribution in [0.1, 0.15) is 0 Å². The Balaban J connectivity index is 1.12. The van der Waals surface area contributed by atoms with Gasteiger partial charge in [0.1, 0.15) is 0 Å². The van der Waals surface area contributed by atoms with Gasteiger partial charge < -0.3 is 9.13 Å². The van der Waals surface area contributed by atoms with Crippen LogP contribution in [0.25, 0.3) is 100 Å². The molecule has 3 heterocycles. The monoisotopic (exact) mass is 714 g/mol. The highest BCUT2D eigenvalue weighted by molar-refractivity contribution is 6.20. The molecule has 8 aromatic carbocycles. The minimum Gasteiger partial charge on any atom is -0.309 e. The van der Waals surface area contributed by atoms with Crippen LogP contribution in [0.2, 0.25) is 0 Å². The van der Waals surface area contributed by atoms with Crippen LogP contribution in [0.3, 0.4) is 0 Å². The van der Waals surface area contributed by atoms with E-state index in [2.05, 4.69) is 191 Å². The standard InChI is InChI=1S/C52H34N4/c1-4-16-35(17-5-1)45-34-46(54-52(53-45)37-18-6-2-7-19-37)36-30-32-39(33-31-36)56-47-27-12-10-22-40(47)42-25-14-26-43(51(42)56)41-24-15-29-49-50(41)44-23-11-13-28-48(44)55(49)38-20-8-3-9-21-38/h1-34H. The molecule has 0 atom stereocenters. The van der Waals surface area contributed by atoms with Crippen LogP contribution >= 0.6 is 0 Å². The highest BCUT2D eigenvalue weighted by Crippen LogP contribution is 2.43. The number of benzene rings is 8. The summed E-state index contributed by atoms with van der Waals surface area (Å²) >= 11 is 0. The number of nitrogens with zero attached hydrogens (tertiary/aromatic N) is 4. The molecule has 0 aliphatic rings. The first-order valence-corrected chi connectivity index (χ1v) is 19.0. The smallest absolute Gasteiger partial charge is 0.160 e. The number of para-hydroxylation sites is 4. The lowest BCUT2D eigenvalue weighted by atomic mass is 9.97. The molecule has 0 bridgehead atoms. The predicted molar refractivity (Wildman–Crippen MR) is 232 cm³/mol. The molecule has 56 heavy (non-hydrogen) atoms. The molecule has 0 radical (unpaired) electrons. The fourth-order valence-electron chi connectivity index (χ4n) is 8.45. The van der Waals surface area contributed by atoms with Gasteiger partial charge >= 0.3 is 0 Å². The Morgan fingerprint density at radius 1 is 0.321 bits per heavy atom. The van der Waals surface area contributed by atoms with Gasteiger partial charge in [-0.05, 0) is 54.1 Å². The van der Waals surface area contributed by atoms with Crippen molar-refractivity contribution in [3.63, 3.8) is 0 Å². The van der Waals surface area contributed by atoms with E-state index in [4.69, 9.17) is 9.97 Å². The summed E-state index contributed by atoms with van der Waals surface area (Å²) in [5, 5.41) is 4.93. The zero-order valence-electron chi connectivity index (χ0n) is 30.4. The lowest BCUT2D eigenvalue weighted by Crippen LogP contribution is -1.98. The van der Waals surface area contributed by atoms with Crippen molar-refractivity contribution in [2.45, 2.75) is 0 Å². The van der Waals surface area contributed by atoms with Crippen LogP contribution in [-0.4, -0.2) is 19.1 Å². The van der Waals surface area contributed by atoms with Gasteiger partial charge in [0.2, 0.25) is 0 Å². The van der Waals surface area contributed by atoms with Crippen LogP contribution in [0.5, 0.6) is 0 Å². The van der Waals surface area contributed by atoms with Gasteiger partial charge in [0.25, 0.3) is 0 Å². The molecule has 11 rings (SSSR count). The van der Waals surface area contributed by atoms with Gasteiger partial charge in [-0.25, -0.2) is 9.97 Å². The molecule has 0 saturated carbocycles. The van der Waals surface area contributed by atoms with Gasteiger partial charge in [0.05, 0.1) is 33.5 Å². The Morgan fingerprint density at radius 3 is 1.54 bits per heavy atom. The lowest BCUT2D eigenvalue weighted by molar-refractivity contribution is 1.17. The first-order chi connectivity index (χ1) is 27.8. The number of hydrogen-bond donors (Lipinski definition) is 0. The Bertz CT molecular complexity index is 3160. The second-order valence-electron chi connectivity index (χ2n) is 14.2. The highest BCUT2D eigenvalue weighted by atomic mass is 15.0. The third kappa shape index (κ3) is 5.15. The molecule has 3 aromatic heterocycles. The Morgan fingerprint density at radius 2 is 0.821 bits per heavy atom. The summed E-state index contributed by atoms with van der Waals surface area (Å²) in [6, 6.07) is 73.2. The fraction of sp³-hybridized carbons (Fsp3) is 0. The van der Waals surface area contributed by atoms with Crippen molar-refractivity contribution in [3.05, 3.63) is 206 Å². The molecule has 0 N–H and O–H groups in total. The lowest BCUT2D eigenvalue weighted by Gasteiger charge is -2.14.